The molecule has 0 heterocycles. The standard InChI is InChI=1S/C17H26N2O2.ClH/c1-12(13-7-9-16(21-3)10-8-13)19(2)17(20)14-5-4-6-15(18)11-14;/h7-10,12,14-15H,4-6,11,18H2,1-3H3;1H. The van der Waals surface area contributed by atoms with Gasteiger partial charge in [-0.1, -0.05) is 18.6 Å². The molecule has 0 aliphatic heterocycles. The highest BCUT2D eigenvalue weighted by Gasteiger charge is 2.29. The quantitative estimate of drug-likeness (QED) is 0.924. The number of carbonyl (C=O) groups excluding carboxylic acids is 1. The smallest absolute Gasteiger partial charge is 0.225 e. The average Bonchev–Trinajstić information content (AvgIpc) is 2.53. The number of halogens is 1. The Balaban J connectivity index is 0.00000242. The molecule has 4 nitrogen and oxygen atoms in total. The summed E-state index contributed by atoms with van der Waals surface area (Å²) in [5.41, 5.74) is 7.11. The van der Waals surface area contributed by atoms with E-state index in [-0.39, 0.29) is 36.3 Å². The number of methoxy groups -OCH3 is 1. The first kappa shape index (κ1) is 18.8. The van der Waals surface area contributed by atoms with Gasteiger partial charge in [-0.2, -0.15) is 0 Å². The Morgan fingerprint density at radius 2 is 1.95 bits per heavy atom. The number of carbonyl (C=O) groups is 1. The molecule has 22 heavy (non-hydrogen) atoms. The molecule has 0 spiro atoms. The van der Waals surface area contributed by atoms with Crippen molar-refractivity contribution in [2.45, 2.75) is 44.7 Å². The van der Waals surface area contributed by atoms with Crippen LogP contribution in [-0.4, -0.2) is 31.0 Å². The number of nitrogens with zero attached hydrogens (tertiary/aromatic N) is 1. The van der Waals surface area contributed by atoms with Crippen molar-refractivity contribution in [3.8, 4) is 5.75 Å². The van der Waals surface area contributed by atoms with E-state index in [1.165, 1.54) is 0 Å². The van der Waals surface area contributed by atoms with E-state index < -0.39 is 0 Å². The van der Waals surface area contributed by atoms with Crippen LogP contribution in [-0.2, 0) is 4.79 Å². The number of benzene rings is 1. The summed E-state index contributed by atoms with van der Waals surface area (Å²) in [5.74, 6) is 1.13. The molecule has 1 aromatic rings. The van der Waals surface area contributed by atoms with E-state index >= 15 is 0 Å². The molecule has 0 bridgehead atoms. The molecule has 3 unspecified atom stereocenters. The van der Waals surface area contributed by atoms with E-state index in [1.54, 1.807) is 7.11 Å². The van der Waals surface area contributed by atoms with Gasteiger partial charge in [-0.3, -0.25) is 4.79 Å². The topological polar surface area (TPSA) is 55.6 Å². The maximum atomic E-state index is 12.6. The molecule has 0 saturated heterocycles. The van der Waals surface area contributed by atoms with Crippen molar-refractivity contribution < 1.29 is 9.53 Å². The van der Waals surface area contributed by atoms with Gasteiger partial charge in [0.2, 0.25) is 5.91 Å². The SMILES string of the molecule is COc1ccc(C(C)N(C)C(=O)C2CCCC(N)C2)cc1.Cl. The van der Waals surface area contributed by atoms with Crippen LogP contribution in [0.3, 0.4) is 0 Å². The second kappa shape index (κ2) is 8.39. The second-order valence-electron chi connectivity index (χ2n) is 6.02. The number of hydrogen-bond donors (Lipinski definition) is 1. The normalized spacial score (nSPS) is 22.4. The van der Waals surface area contributed by atoms with Crippen molar-refractivity contribution >= 4 is 18.3 Å². The lowest BCUT2D eigenvalue weighted by Crippen LogP contribution is -2.39. The van der Waals surface area contributed by atoms with Gasteiger partial charge in [0.1, 0.15) is 5.75 Å². The Kier molecular flexibility index (Phi) is 7.17. The van der Waals surface area contributed by atoms with Crippen LogP contribution in [0, 0.1) is 5.92 Å². The molecule has 1 saturated carbocycles. The van der Waals surface area contributed by atoms with E-state index in [4.69, 9.17) is 10.5 Å². The highest BCUT2D eigenvalue weighted by molar-refractivity contribution is 5.85. The molecule has 3 atom stereocenters. The Morgan fingerprint density at radius 3 is 2.50 bits per heavy atom. The highest BCUT2D eigenvalue weighted by atomic mass is 35.5. The molecule has 124 valence electrons. The minimum atomic E-state index is 0. The van der Waals surface area contributed by atoms with Crippen LogP contribution in [0.25, 0.3) is 0 Å². The number of rotatable bonds is 4. The van der Waals surface area contributed by atoms with Crippen molar-refractivity contribution in [3.05, 3.63) is 29.8 Å². The lowest BCUT2D eigenvalue weighted by Gasteiger charge is -2.32. The summed E-state index contributed by atoms with van der Waals surface area (Å²) in [4.78, 5) is 14.5. The van der Waals surface area contributed by atoms with Gasteiger partial charge in [0, 0.05) is 19.0 Å². The van der Waals surface area contributed by atoms with Crippen molar-refractivity contribution in [2.75, 3.05) is 14.2 Å². The van der Waals surface area contributed by atoms with Gasteiger partial charge < -0.3 is 15.4 Å². The molecular formula is C17H27ClN2O2. The van der Waals surface area contributed by atoms with Gasteiger partial charge in [0.15, 0.2) is 0 Å². The van der Waals surface area contributed by atoms with E-state index in [0.717, 1.165) is 37.0 Å². The number of nitrogens with two attached hydrogens (primary N) is 1. The average molecular weight is 327 g/mol. The molecule has 0 aromatic heterocycles. The zero-order valence-corrected chi connectivity index (χ0v) is 14.4. The maximum absolute atomic E-state index is 12.6. The molecule has 1 aliphatic carbocycles. The van der Waals surface area contributed by atoms with Crippen LogP contribution in [0.15, 0.2) is 24.3 Å². The molecule has 5 heteroatoms. The monoisotopic (exact) mass is 326 g/mol. The van der Waals surface area contributed by atoms with Crippen molar-refractivity contribution in [1.29, 1.82) is 0 Å². The van der Waals surface area contributed by atoms with Crippen LogP contribution in [0.2, 0.25) is 0 Å². The lowest BCUT2D eigenvalue weighted by molar-refractivity contribution is -0.137. The van der Waals surface area contributed by atoms with Gasteiger partial charge in [-0.15, -0.1) is 12.4 Å². The van der Waals surface area contributed by atoms with Gasteiger partial charge in [0.05, 0.1) is 13.2 Å². The predicted molar refractivity (Wildman–Crippen MR) is 91.4 cm³/mol. The van der Waals surface area contributed by atoms with Crippen LogP contribution in [0.1, 0.15) is 44.2 Å². The van der Waals surface area contributed by atoms with E-state index in [2.05, 4.69) is 6.92 Å². The lowest BCUT2D eigenvalue weighted by atomic mass is 9.85. The van der Waals surface area contributed by atoms with Crippen molar-refractivity contribution in [1.82, 2.24) is 4.90 Å². The third kappa shape index (κ3) is 4.37. The van der Waals surface area contributed by atoms with Crippen molar-refractivity contribution in [2.24, 2.45) is 11.7 Å². The Morgan fingerprint density at radius 1 is 1.32 bits per heavy atom. The Hall–Kier alpha value is -1.26. The van der Waals surface area contributed by atoms with E-state index in [1.807, 2.05) is 36.2 Å². The number of amides is 1. The summed E-state index contributed by atoms with van der Waals surface area (Å²) in [7, 11) is 3.54. The van der Waals surface area contributed by atoms with Gasteiger partial charge >= 0.3 is 0 Å². The van der Waals surface area contributed by atoms with Gasteiger partial charge in [0.25, 0.3) is 0 Å². The summed E-state index contributed by atoms with van der Waals surface area (Å²) in [6, 6.07) is 8.13. The zero-order chi connectivity index (χ0) is 15.4. The minimum absolute atomic E-state index is 0. The summed E-state index contributed by atoms with van der Waals surface area (Å²) in [5, 5.41) is 0. The van der Waals surface area contributed by atoms with Crippen LogP contribution in [0.5, 0.6) is 5.75 Å². The summed E-state index contributed by atoms with van der Waals surface area (Å²) in [6.45, 7) is 2.06. The second-order valence-corrected chi connectivity index (χ2v) is 6.02. The molecule has 2 N–H and O–H groups in total. The fourth-order valence-corrected chi connectivity index (χ4v) is 3.04. The third-order valence-corrected chi connectivity index (χ3v) is 4.59. The van der Waals surface area contributed by atoms with Gasteiger partial charge in [-0.25, -0.2) is 0 Å². The molecule has 1 aliphatic rings. The summed E-state index contributed by atoms with van der Waals surface area (Å²) < 4.78 is 5.17. The predicted octanol–water partition coefficient (Wildman–Crippen LogP) is 3.15. The first-order valence-electron chi connectivity index (χ1n) is 7.69. The van der Waals surface area contributed by atoms with Crippen LogP contribution < -0.4 is 10.5 Å². The molecule has 0 radical (unpaired) electrons. The first-order valence-corrected chi connectivity index (χ1v) is 7.69. The largest absolute Gasteiger partial charge is 0.497 e. The highest BCUT2D eigenvalue weighted by Crippen LogP contribution is 2.28. The maximum Gasteiger partial charge on any atom is 0.225 e. The fourth-order valence-electron chi connectivity index (χ4n) is 3.04. The van der Waals surface area contributed by atoms with E-state index in [0.29, 0.717) is 0 Å². The van der Waals surface area contributed by atoms with Gasteiger partial charge in [-0.05, 0) is 43.9 Å². The molecular weight excluding hydrogens is 300 g/mol. The zero-order valence-electron chi connectivity index (χ0n) is 13.6. The molecule has 1 fully saturated rings. The summed E-state index contributed by atoms with van der Waals surface area (Å²) >= 11 is 0. The van der Waals surface area contributed by atoms with Crippen LogP contribution in [0.4, 0.5) is 0 Å². The first-order chi connectivity index (χ1) is 10.0. The fraction of sp³-hybridized carbons (Fsp3) is 0.588. The summed E-state index contributed by atoms with van der Waals surface area (Å²) in [6.07, 6.45) is 3.88. The number of hydrogen-bond acceptors (Lipinski definition) is 3. The van der Waals surface area contributed by atoms with Crippen molar-refractivity contribution in [3.63, 3.8) is 0 Å². The third-order valence-electron chi connectivity index (χ3n) is 4.59. The molecule has 1 aromatic carbocycles. The van der Waals surface area contributed by atoms with E-state index in [9.17, 15) is 4.79 Å². The van der Waals surface area contributed by atoms with Crippen LogP contribution >= 0.6 is 12.4 Å². The Labute approximate surface area is 139 Å². The molecule has 1 amide bonds. The number of ether oxygens (including phenoxy) is 1. The molecule has 2 rings (SSSR count). The Bertz CT molecular complexity index is 478. The minimum Gasteiger partial charge on any atom is -0.497 e.